The number of halogens is 1. The van der Waals surface area contributed by atoms with Crippen LogP contribution in [0.4, 0.5) is 0 Å². The molecule has 0 amide bonds. The van der Waals surface area contributed by atoms with Gasteiger partial charge in [-0.2, -0.15) is 0 Å². The number of benzene rings is 1. The van der Waals surface area contributed by atoms with Crippen LogP contribution in [0.5, 0.6) is 5.75 Å². The van der Waals surface area contributed by atoms with E-state index < -0.39 is 6.10 Å². The zero-order valence-corrected chi connectivity index (χ0v) is 10.6. The van der Waals surface area contributed by atoms with E-state index in [-0.39, 0.29) is 5.90 Å². The second-order valence-corrected chi connectivity index (χ2v) is 3.75. The highest BCUT2D eigenvalue weighted by Crippen LogP contribution is 2.29. The minimum absolute atomic E-state index is 0.212. The Labute approximate surface area is 106 Å². The fraction of sp³-hybridized carbons (Fsp3) is 0.417. The van der Waals surface area contributed by atoms with E-state index in [1.165, 1.54) is 0 Å². The van der Waals surface area contributed by atoms with Gasteiger partial charge in [0.15, 0.2) is 6.10 Å². The summed E-state index contributed by atoms with van der Waals surface area (Å²) in [5.74, 6) is 0.296. The lowest BCUT2D eigenvalue weighted by Gasteiger charge is -2.16. The molecular weight excluding hydrogens is 242 g/mol. The topological polar surface area (TPSA) is 62.5 Å². The third kappa shape index (κ3) is 3.61. The molecule has 0 heterocycles. The lowest BCUT2D eigenvalue weighted by molar-refractivity contribution is 0.185. The molecule has 0 aliphatic carbocycles. The molecule has 0 saturated heterocycles. The van der Waals surface area contributed by atoms with Crippen molar-refractivity contribution in [2.24, 2.45) is 0 Å². The molecule has 0 saturated carbocycles. The Morgan fingerprint density at radius 2 is 2.12 bits per heavy atom. The van der Waals surface area contributed by atoms with Gasteiger partial charge in [0.1, 0.15) is 5.75 Å². The Morgan fingerprint density at radius 1 is 1.41 bits per heavy atom. The average Bonchev–Trinajstić information content (AvgIpc) is 2.31. The first-order valence-corrected chi connectivity index (χ1v) is 5.79. The number of aliphatic hydroxyl groups excluding tert-OH is 1. The van der Waals surface area contributed by atoms with E-state index in [1.807, 2.05) is 6.92 Å². The second kappa shape index (κ2) is 6.47. The fourth-order valence-electron chi connectivity index (χ4n) is 1.40. The van der Waals surface area contributed by atoms with Crippen LogP contribution in [-0.2, 0) is 4.74 Å². The Balaban J connectivity index is 3.01. The third-order valence-electron chi connectivity index (χ3n) is 2.11. The van der Waals surface area contributed by atoms with Gasteiger partial charge in [-0.25, -0.2) is 0 Å². The molecule has 0 aromatic heterocycles. The number of rotatable bonds is 5. The van der Waals surface area contributed by atoms with Gasteiger partial charge in [0.25, 0.3) is 0 Å². The Kier molecular flexibility index (Phi) is 5.25. The van der Waals surface area contributed by atoms with Gasteiger partial charge >= 0.3 is 0 Å². The molecule has 1 rings (SSSR count). The van der Waals surface area contributed by atoms with Gasteiger partial charge in [-0.05, 0) is 32.0 Å². The highest BCUT2D eigenvalue weighted by molar-refractivity contribution is 6.30. The van der Waals surface area contributed by atoms with Crippen molar-refractivity contribution in [3.8, 4) is 5.75 Å². The molecule has 0 fully saturated rings. The van der Waals surface area contributed by atoms with Crippen molar-refractivity contribution in [2.75, 3.05) is 13.2 Å². The van der Waals surface area contributed by atoms with E-state index in [4.69, 9.17) is 26.5 Å². The first-order valence-electron chi connectivity index (χ1n) is 5.41. The maximum absolute atomic E-state index is 9.96. The van der Waals surface area contributed by atoms with E-state index in [0.29, 0.717) is 29.5 Å². The summed E-state index contributed by atoms with van der Waals surface area (Å²) in [5, 5.41) is 18.0. The largest absolute Gasteiger partial charge is 0.493 e. The maximum Gasteiger partial charge on any atom is 0.215 e. The molecule has 0 radical (unpaired) electrons. The highest BCUT2D eigenvalue weighted by Gasteiger charge is 2.19. The number of ether oxygens (including phenoxy) is 2. The highest BCUT2D eigenvalue weighted by atomic mass is 35.5. The summed E-state index contributed by atoms with van der Waals surface area (Å²) in [6, 6.07) is 4.92. The quantitative estimate of drug-likeness (QED) is 0.630. The number of aliphatic hydroxyl groups is 1. The molecule has 5 heteroatoms. The second-order valence-electron chi connectivity index (χ2n) is 3.31. The van der Waals surface area contributed by atoms with Gasteiger partial charge in [0.2, 0.25) is 5.90 Å². The summed E-state index contributed by atoms with van der Waals surface area (Å²) in [6.07, 6.45) is -1.16. The van der Waals surface area contributed by atoms with Crippen LogP contribution in [0, 0.1) is 5.41 Å². The molecule has 2 N–H and O–H groups in total. The first kappa shape index (κ1) is 13.8. The van der Waals surface area contributed by atoms with Crippen molar-refractivity contribution < 1.29 is 14.6 Å². The minimum atomic E-state index is -1.16. The number of nitrogens with one attached hydrogen (secondary N) is 1. The molecule has 0 aliphatic heterocycles. The molecule has 0 bridgehead atoms. The summed E-state index contributed by atoms with van der Waals surface area (Å²) in [5.41, 5.74) is 0.442. The van der Waals surface area contributed by atoms with Crippen molar-refractivity contribution in [1.82, 2.24) is 0 Å². The number of hydrogen-bond donors (Lipinski definition) is 2. The SMILES string of the molecule is CCOC(=N)[C@@H](O)c1cc(Cl)ccc1OCC. The average molecular weight is 258 g/mol. The predicted molar refractivity (Wildman–Crippen MR) is 66.9 cm³/mol. The van der Waals surface area contributed by atoms with E-state index in [0.717, 1.165) is 0 Å². The summed E-state index contributed by atoms with van der Waals surface area (Å²) in [7, 11) is 0. The van der Waals surface area contributed by atoms with Gasteiger partial charge in [0.05, 0.1) is 13.2 Å². The van der Waals surface area contributed by atoms with Gasteiger partial charge in [-0.15, -0.1) is 0 Å². The van der Waals surface area contributed by atoms with Gasteiger partial charge in [-0.1, -0.05) is 11.6 Å². The van der Waals surface area contributed by atoms with Crippen molar-refractivity contribution in [3.05, 3.63) is 28.8 Å². The third-order valence-corrected chi connectivity index (χ3v) is 2.35. The minimum Gasteiger partial charge on any atom is -0.493 e. The van der Waals surface area contributed by atoms with E-state index in [9.17, 15) is 5.11 Å². The van der Waals surface area contributed by atoms with Crippen LogP contribution in [0.25, 0.3) is 0 Å². The summed E-state index contributed by atoms with van der Waals surface area (Å²) in [4.78, 5) is 0. The van der Waals surface area contributed by atoms with E-state index in [2.05, 4.69) is 0 Å². The summed E-state index contributed by atoms with van der Waals surface area (Å²) >= 11 is 5.86. The molecule has 0 aliphatic rings. The van der Waals surface area contributed by atoms with Crippen LogP contribution >= 0.6 is 11.6 Å². The molecule has 17 heavy (non-hydrogen) atoms. The Bertz CT molecular complexity index is 395. The van der Waals surface area contributed by atoms with Crippen molar-refractivity contribution in [1.29, 1.82) is 5.41 Å². The zero-order chi connectivity index (χ0) is 12.8. The van der Waals surface area contributed by atoms with E-state index >= 15 is 0 Å². The smallest absolute Gasteiger partial charge is 0.215 e. The van der Waals surface area contributed by atoms with Gasteiger partial charge < -0.3 is 14.6 Å². The summed E-state index contributed by atoms with van der Waals surface area (Å²) < 4.78 is 10.3. The van der Waals surface area contributed by atoms with Crippen LogP contribution in [0.2, 0.25) is 5.02 Å². The molecule has 1 aromatic carbocycles. The van der Waals surface area contributed by atoms with Crippen LogP contribution in [-0.4, -0.2) is 24.2 Å². The summed E-state index contributed by atoms with van der Waals surface area (Å²) in [6.45, 7) is 4.41. The van der Waals surface area contributed by atoms with Crippen molar-refractivity contribution >= 4 is 17.5 Å². The first-order chi connectivity index (χ1) is 8.10. The molecule has 0 unspecified atom stereocenters. The monoisotopic (exact) mass is 257 g/mol. The fourth-order valence-corrected chi connectivity index (χ4v) is 1.58. The normalized spacial score (nSPS) is 12.0. The molecule has 1 atom stereocenters. The molecule has 1 aromatic rings. The van der Waals surface area contributed by atoms with Gasteiger partial charge in [0, 0.05) is 10.6 Å². The van der Waals surface area contributed by atoms with Crippen LogP contribution in [0.15, 0.2) is 18.2 Å². The predicted octanol–water partition coefficient (Wildman–Crippen LogP) is 2.79. The Hall–Kier alpha value is -1.26. The molecule has 0 spiro atoms. The Morgan fingerprint density at radius 3 is 2.71 bits per heavy atom. The van der Waals surface area contributed by atoms with Crippen molar-refractivity contribution in [3.63, 3.8) is 0 Å². The lowest BCUT2D eigenvalue weighted by Crippen LogP contribution is -2.15. The van der Waals surface area contributed by atoms with Crippen LogP contribution in [0.1, 0.15) is 25.5 Å². The van der Waals surface area contributed by atoms with Crippen LogP contribution in [0.3, 0.4) is 0 Å². The molecule has 94 valence electrons. The zero-order valence-electron chi connectivity index (χ0n) is 9.87. The van der Waals surface area contributed by atoms with Crippen molar-refractivity contribution in [2.45, 2.75) is 20.0 Å². The van der Waals surface area contributed by atoms with Crippen LogP contribution < -0.4 is 4.74 Å². The number of hydrogen-bond acceptors (Lipinski definition) is 4. The molecular formula is C12H16ClNO3. The molecule has 4 nitrogen and oxygen atoms in total. The maximum atomic E-state index is 9.96. The lowest BCUT2D eigenvalue weighted by atomic mass is 10.1. The van der Waals surface area contributed by atoms with E-state index in [1.54, 1.807) is 25.1 Å². The van der Waals surface area contributed by atoms with Gasteiger partial charge in [-0.3, -0.25) is 5.41 Å². The standard InChI is InChI=1S/C12H16ClNO3/c1-3-16-10-6-5-8(13)7-9(10)11(15)12(14)17-4-2/h5-7,11,14-15H,3-4H2,1-2H3/t11-/m0/s1.